The summed E-state index contributed by atoms with van der Waals surface area (Å²) in [6.45, 7) is 6.47. The van der Waals surface area contributed by atoms with Gasteiger partial charge in [0.2, 0.25) is 0 Å². The van der Waals surface area contributed by atoms with Crippen LogP contribution in [0.3, 0.4) is 0 Å². The van der Waals surface area contributed by atoms with Crippen LogP contribution in [0.4, 0.5) is 36.1 Å². The van der Waals surface area contributed by atoms with Gasteiger partial charge in [0.15, 0.2) is 5.82 Å². The number of para-hydroxylation sites is 2. The summed E-state index contributed by atoms with van der Waals surface area (Å²) in [6, 6.07) is 17.4. The van der Waals surface area contributed by atoms with Gasteiger partial charge in [-0.3, -0.25) is 0 Å². The number of aromatic nitrogens is 1. The Morgan fingerprint density at radius 3 is 2.39 bits per heavy atom. The number of pyridine rings is 1. The van der Waals surface area contributed by atoms with E-state index in [1.165, 1.54) is 11.6 Å². The van der Waals surface area contributed by atoms with Crippen LogP contribution in [0, 0.1) is 12.3 Å². The molecule has 0 aliphatic carbocycles. The van der Waals surface area contributed by atoms with E-state index in [4.69, 9.17) is 0 Å². The number of halogens is 3. The highest BCUT2D eigenvalue weighted by Gasteiger charge is 2.53. The molecule has 0 saturated carbocycles. The molecule has 2 aromatic carbocycles. The first-order chi connectivity index (χ1) is 15.7. The highest BCUT2D eigenvalue weighted by Crippen LogP contribution is 2.57. The van der Waals surface area contributed by atoms with Crippen molar-refractivity contribution in [3.8, 4) is 0 Å². The fourth-order valence-electron chi connectivity index (χ4n) is 5.51. The number of fused-ring (bicyclic) bond motifs is 5. The number of rotatable bonds is 4. The van der Waals surface area contributed by atoms with Gasteiger partial charge < -0.3 is 9.80 Å². The zero-order chi connectivity index (χ0) is 23.4. The number of nitrogens with zero attached hydrogens (tertiary/aromatic N) is 3. The Labute approximate surface area is 192 Å². The molecule has 172 valence electrons. The third kappa shape index (κ3) is 3.47. The van der Waals surface area contributed by atoms with Crippen molar-refractivity contribution in [2.24, 2.45) is 5.41 Å². The third-order valence-corrected chi connectivity index (χ3v) is 7.10. The van der Waals surface area contributed by atoms with Gasteiger partial charge in [-0.15, -0.1) is 0 Å². The first-order valence-electron chi connectivity index (χ1n) is 11.5. The van der Waals surface area contributed by atoms with Crippen molar-refractivity contribution < 1.29 is 13.2 Å². The van der Waals surface area contributed by atoms with Gasteiger partial charge in [0.25, 0.3) is 0 Å². The molecular formula is C27H28F3N3. The van der Waals surface area contributed by atoms with Crippen LogP contribution in [-0.2, 0) is 12.6 Å². The van der Waals surface area contributed by atoms with Crippen molar-refractivity contribution in [3.05, 3.63) is 77.5 Å². The van der Waals surface area contributed by atoms with Crippen LogP contribution in [0.5, 0.6) is 0 Å². The minimum atomic E-state index is -4.45. The summed E-state index contributed by atoms with van der Waals surface area (Å²) in [7, 11) is 0. The van der Waals surface area contributed by atoms with Crippen molar-refractivity contribution in [1.29, 1.82) is 0 Å². The highest BCUT2D eigenvalue weighted by molar-refractivity contribution is 5.89. The molecule has 3 nitrogen and oxygen atoms in total. The molecule has 0 N–H and O–H groups in total. The van der Waals surface area contributed by atoms with E-state index in [-0.39, 0.29) is 11.6 Å². The smallest absolute Gasteiger partial charge is 0.316 e. The first-order valence-corrected chi connectivity index (χ1v) is 11.5. The van der Waals surface area contributed by atoms with Gasteiger partial charge in [-0.25, -0.2) is 4.98 Å². The lowest BCUT2D eigenvalue weighted by molar-refractivity contribution is -0.137. The first kappa shape index (κ1) is 21.8. The van der Waals surface area contributed by atoms with Crippen LogP contribution in [-0.4, -0.2) is 11.1 Å². The second-order valence-corrected chi connectivity index (χ2v) is 9.53. The lowest BCUT2D eigenvalue weighted by Gasteiger charge is -2.49. The quantitative estimate of drug-likeness (QED) is 0.404. The fourth-order valence-corrected chi connectivity index (χ4v) is 5.51. The van der Waals surface area contributed by atoms with E-state index < -0.39 is 11.7 Å². The van der Waals surface area contributed by atoms with E-state index in [0.29, 0.717) is 11.5 Å². The zero-order valence-electron chi connectivity index (χ0n) is 19.2. The SMILES string of the molecule is CCCCC1(C)Cc2ccccc2N2c3ncc(C(F)(F)F)cc3N(c3ccccc3C)C21. The zero-order valence-corrected chi connectivity index (χ0v) is 19.2. The molecule has 5 rings (SSSR count). The molecule has 3 aromatic rings. The lowest BCUT2D eigenvalue weighted by Crippen LogP contribution is -2.54. The molecule has 0 fully saturated rings. The minimum Gasteiger partial charge on any atom is -0.316 e. The van der Waals surface area contributed by atoms with Crippen LogP contribution >= 0.6 is 0 Å². The molecule has 6 heteroatoms. The molecule has 33 heavy (non-hydrogen) atoms. The Bertz CT molecular complexity index is 1190. The summed E-state index contributed by atoms with van der Waals surface area (Å²) < 4.78 is 41.2. The molecule has 3 heterocycles. The molecule has 0 spiro atoms. The van der Waals surface area contributed by atoms with E-state index in [1.807, 2.05) is 43.3 Å². The molecular weight excluding hydrogens is 423 g/mol. The van der Waals surface area contributed by atoms with E-state index in [0.717, 1.165) is 48.8 Å². The average Bonchev–Trinajstić information content (AvgIpc) is 3.13. The summed E-state index contributed by atoms with van der Waals surface area (Å²) in [4.78, 5) is 8.71. The lowest BCUT2D eigenvalue weighted by atomic mass is 9.72. The van der Waals surface area contributed by atoms with Crippen molar-refractivity contribution >= 4 is 22.9 Å². The molecule has 0 radical (unpaired) electrons. The standard InChI is InChI=1S/C27H28F3N3/c1-4-5-14-26(3)16-19-11-7-9-13-22(19)33-24-23(15-20(17-31-24)27(28,29)30)32(25(26)33)21-12-8-6-10-18(21)2/h6-13,15,17,25H,4-5,14,16H2,1-3H3. The Balaban J connectivity index is 1.79. The van der Waals surface area contributed by atoms with Crippen molar-refractivity contribution in [1.82, 2.24) is 4.98 Å². The topological polar surface area (TPSA) is 19.4 Å². The third-order valence-electron chi connectivity index (χ3n) is 7.10. The Hall–Kier alpha value is -3.02. The van der Waals surface area contributed by atoms with Gasteiger partial charge in [0.05, 0.1) is 11.3 Å². The number of aryl methyl sites for hydroxylation is 1. The van der Waals surface area contributed by atoms with Gasteiger partial charge in [-0.2, -0.15) is 13.2 Å². The summed E-state index contributed by atoms with van der Waals surface area (Å²) in [6.07, 6.45) is 0.323. The van der Waals surface area contributed by atoms with Gasteiger partial charge in [-0.05, 0) is 49.1 Å². The number of alkyl halides is 3. The molecule has 1 aromatic heterocycles. The number of hydrogen-bond acceptors (Lipinski definition) is 3. The van der Waals surface area contributed by atoms with Crippen LogP contribution in [0.25, 0.3) is 0 Å². The van der Waals surface area contributed by atoms with Crippen LogP contribution in [0.15, 0.2) is 60.8 Å². The predicted molar refractivity (Wildman–Crippen MR) is 126 cm³/mol. The van der Waals surface area contributed by atoms with Crippen LogP contribution in [0.1, 0.15) is 49.8 Å². The van der Waals surface area contributed by atoms with Gasteiger partial charge in [0, 0.05) is 23.0 Å². The van der Waals surface area contributed by atoms with Gasteiger partial charge >= 0.3 is 6.18 Å². The highest BCUT2D eigenvalue weighted by atomic mass is 19.4. The average molecular weight is 452 g/mol. The Morgan fingerprint density at radius 1 is 1.00 bits per heavy atom. The number of hydrogen-bond donors (Lipinski definition) is 0. The number of anilines is 4. The van der Waals surface area contributed by atoms with Crippen molar-refractivity contribution in [3.63, 3.8) is 0 Å². The van der Waals surface area contributed by atoms with Crippen molar-refractivity contribution in [2.45, 2.75) is 58.8 Å². The molecule has 0 saturated heterocycles. The van der Waals surface area contributed by atoms with E-state index in [2.05, 4.69) is 40.8 Å². The second kappa shape index (κ2) is 7.79. The molecule has 2 aliphatic heterocycles. The molecule has 2 unspecified atom stereocenters. The summed E-state index contributed by atoms with van der Waals surface area (Å²) in [5, 5.41) is 0. The maximum atomic E-state index is 13.7. The van der Waals surface area contributed by atoms with Crippen LogP contribution in [0.2, 0.25) is 0 Å². The summed E-state index contributed by atoms with van der Waals surface area (Å²) in [5.41, 5.74) is 3.82. The van der Waals surface area contributed by atoms with Crippen molar-refractivity contribution in [2.75, 3.05) is 9.80 Å². The molecule has 0 bridgehead atoms. The maximum absolute atomic E-state index is 13.7. The fraction of sp³-hybridized carbons (Fsp3) is 0.370. The van der Waals surface area contributed by atoms with Gasteiger partial charge in [0.1, 0.15) is 6.17 Å². The van der Waals surface area contributed by atoms with Crippen LogP contribution < -0.4 is 9.80 Å². The molecule has 2 aliphatic rings. The summed E-state index contributed by atoms with van der Waals surface area (Å²) in [5.74, 6) is 0.589. The Kier molecular flexibility index (Phi) is 5.15. The number of unbranched alkanes of at least 4 members (excludes halogenated alkanes) is 1. The van der Waals surface area contributed by atoms with E-state index in [1.54, 1.807) is 0 Å². The Morgan fingerprint density at radius 2 is 1.70 bits per heavy atom. The molecule has 2 atom stereocenters. The normalized spacial score (nSPS) is 21.6. The second-order valence-electron chi connectivity index (χ2n) is 9.53. The van der Waals surface area contributed by atoms with Gasteiger partial charge in [-0.1, -0.05) is 63.1 Å². The largest absolute Gasteiger partial charge is 0.417 e. The monoisotopic (exact) mass is 451 g/mol. The minimum absolute atomic E-state index is 0.161. The van der Waals surface area contributed by atoms with E-state index >= 15 is 0 Å². The predicted octanol–water partition coefficient (Wildman–Crippen LogP) is 7.78. The molecule has 0 amide bonds. The maximum Gasteiger partial charge on any atom is 0.417 e. The van der Waals surface area contributed by atoms with E-state index in [9.17, 15) is 13.2 Å². The summed E-state index contributed by atoms with van der Waals surface area (Å²) >= 11 is 0. The number of benzene rings is 2.